The van der Waals surface area contributed by atoms with Gasteiger partial charge in [0.25, 0.3) is 0 Å². The van der Waals surface area contributed by atoms with E-state index in [-0.39, 0.29) is 12.5 Å². The summed E-state index contributed by atoms with van der Waals surface area (Å²) in [6, 6.07) is 18.9. The van der Waals surface area contributed by atoms with Gasteiger partial charge in [-0.2, -0.15) is 0 Å². The third-order valence-corrected chi connectivity index (χ3v) is 3.16. The molecule has 0 aliphatic carbocycles. The van der Waals surface area contributed by atoms with E-state index in [2.05, 4.69) is 10.1 Å². The first-order valence-electron chi connectivity index (χ1n) is 6.67. The summed E-state index contributed by atoms with van der Waals surface area (Å²) in [5.41, 5.74) is 1.76. The minimum atomic E-state index is -0.469. The van der Waals surface area contributed by atoms with Crippen molar-refractivity contribution >= 4 is 11.9 Å². The summed E-state index contributed by atoms with van der Waals surface area (Å²) < 4.78 is 4.54. The van der Waals surface area contributed by atoms with Gasteiger partial charge in [-0.1, -0.05) is 60.7 Å². The number of nitrogens with one attached hydrogen (secondary N) is 1. The number of rotatable bonds is 5. The van der Waals surface area contributed by atoms with Gasteiger partial charge in [-0.25, -0.2) is 0 Å². The average molecular weight is 283 g/mol. The minimum absolute atomic E-state index is 0.133. The van der Waals surface area contributed by atoms with E-state index in [0.29, 0.717) is 0 Å². The molecule has 0 radical (unpaired) electrons. The zero-order valence-electron chi connectivity index (χ0n) is 11.8. The molecule has 21 heavy (non-hydrogen) atoms. The molecule has 2 rings (SSSR count). The molecule has 0 saturated heterocycles. The number of methoxy groups -OCH3 is 1. The van der Waals surface area contributed by atoms with Gasteiger partial charge >= 0.3 is 5.97 Å². The first-order valence-corrected chi connectivity index (χ1v) is 6.67. The molecule has 0 aromatic heterocycles. The van der Waals surface area contributed by atoms with Crippen molar-refractivity contribution in [2.24, 2.45) is 0 Å². The topological polar surface area (TPSA) is 55.4 Å². The summed E-state index contributed by atoms with van der Waals surface area (Å²) in [4.78, 5) is 23.6. The van der Waals surface area contributed by atoms with Crippen LogP contribution in [0.25, 0.3) is 0 Å². The second kappa shape index (κ2) is 7.24. The summed E-state index contributed by atoms with van der Waals surface area (Å²) in [5.74, 6) is -1.14. The molecule has 4 heteroatoms. The van der Waals surface area contributed by atoms with Gasteiger partial charge in [-0.15, -0.1) is 0 Å². The molecule has 1 amide bonds. The number of hydrogen-bond donors (Lipinski definition) is 1. The van der Waals surface area contributed by atoms with Crippen molar-refractivity contribution in [1.82, 2.24) is 5.32 Å². The maximum absolute atomic E-state index is 12.4. The predicted molar refractivity (Wildman–Crippen MR) is 79.8 cm³/mol. The van der Waals surface area contributed by atoms with Crippen LogP contribution < -0.4 is 5.32 Å². The van der Waals surface area contributed by atoms with Gasteiger partial charge in [0.1, 0.15) is 6.54 Å². The molecule has 108 valence electrons. The predicted octanol–water partition coefficient (Wildman–Crippen LogP) is 2.11. The Hall–Kier alpha value is -2.62. The van der Waals surface area contributed by atoms with E-state index in [1.807, 2.05) is 60.7 Å². The Morgan fingerprint density at radius 1 is 0.952 bits per heavy atom. The van der Waals surface area contributed by atoms with Gasteiger partial charge in [-0.3, -0.25) is 9.59 Å². The highest BCUT2D eigenvalue weighted by Gasteiger charge is 2.22. The van der Waals surface area contributed by atoms with Crippen molar-refractivity contribution in [2.45, 2.75) is 5.92 Å². The maximum atomic E-state index is 12.4. The second-order valence-corrected chi connectivity index (χ2v) is 4.55. The number of benzene rings is 2. The van der Waals surface area contributed by atoms with Gasteiger partial charge in [0.2, 0.25) is 5.91 Å². The van der Waals surface area contributed by atoms with Gasteiger partial charge in [0.15, 0.2) is 0 Å². The molecule has 2 aromatic rings. The zero-order chi connectivity index (χ0) is 15.1. The van der Waals surface area contributed by atoms with E-state index in [0.717, 1.165) is 11.1 Å². The Bertz CT molecular complexity index is 556. The minimum Gasteiger partial charge on any atom is -0.468 e. The SMILES string of the molecule is COC(=O)CNC(=O)C(c1ccccc1)c1ccccc1. The summed E-state index contributed by atoms with van der Waals surface area (Å²) >= 11 is 0. The number of amides is 1. The highest BCUT2D eigenvalue weighted by Crippen LogP contribution is 2.24. The molecule has 0 aliphatic rings. The van der Waals surface area contributed by atoms with Crippen LogP contribution in [0.15, 0.2) is 60.7 Å². The van der Waals surface area contributed by atoms with Crippen LogP contribution >= 0.6 is 0 Å². The van der Waals surface area contributed by atoms with E-state index in [1.54, 1.807) is 0 Å². The van der Waals surface area contributed by atoms with E-state index < -0.39 is 11.9 Å². The molecule has 1 N–H and O–H groups in total. The Morgan fingerprint density at radius 2 is 1.43 bits per heavy atom. The Labute approximate surface area is 123 Å². The smallest absolute Gasteiger partial charge is 0.325 e. The van der Waals surface area contributed by atoms with E-state index in [1.165, 1.54) is 7.11 Å². The third kappa shape index (κ3) is 3.92. The van der Waals surface area contributed by atoms with Crippen LogP contribution in [0.4, 0.5) is 0 Å². The number of esters is 1. The third-order valence-electron chi connectivity index (χ3n) is 3.16. The maximum Gasteiger partial charge on any atom is 0.325 e. The van der Waals surface area contributed by atoms with Crippen molar-refractivity contribution in [2.75, 3.05) is 13.7 Å². The Balaban J connectivity index is 2.25. The Morgan fingerprint density at radius 3 is 1.86 bits per heavy atom. The van der Waals surface area contributed by atoms with Crippen LogP contribution in [0.5, 0.6) is 0 Å². The van der Waals surface area contributed by atoms with E-state index in [4.69, 9.17) is 0 Å². The fourth-order valence-electron chi connectivity index (χ4n) is 2.12. The molecule has 0 aliphatic heterocycles. The van der Waals surface area contributed by atoms with E-state index >= 15 is 0 Å². The normalized spacial score (nSPS) is 10.2. The number of ether oxygens (including phenoxy) is 1. The fraction of sp³-hybridized carbons (Fsp3) is 0.176. The summed E-state index contributed by atoms with van der Waals surface area (Å²) in [5, 5.41) is 2.62. The molecular formula is C17H17NO3. The van der Waals surface area contributed by atoms with Gasteiger partial charge < -0.3 is 10.1 Å². The van der Waals surface area contributed by atoms with Crippen molar-refractivity contribution in [3.63, 3.8) is 0 Å². The molecule has 0 spiro atoms. The summed E-state index contributed by atoms with van der Waals surface area (Å²) in [6.07, 6.45) is 0. The number of carbonyl (C=O) groups excluding carboxylic acids is 2. The van der Waals surface area contributed by atoms with Crippen LogP contribution in [0.3, 0.4) is 0 Å². The molecule has 0 saturated carbocycles. The molecule has 0 fully saturated rings. The largest absolute Gasteiger partial charge is 0.468 e. The van der Waals surface area contributed by atoms with Gasteiger partial charge in [0, 0.05) is 0 Å². The van der Waals surface area contributed by atoms with Crippen molar-refractivity contribution in [3.8, 4) is 0 Å². The second-order valence-electron chi connectivity index (χ2n) is 4.55. The van der Waals surface area contributed by atoms with Crippen LogP contribution in [0.1, 0.15) is 17.0 Å². The van der Waals surface area contributed by atoms with E-state index in [9.17, 15) is 9.59 Å². The molecule has 0 bridgehead atoms. The number of hydrogen-bond acceptors (Lipinski definition) is 3. The molecule has 0 heterocycles. The standard InChI is InChI=1S/C17H17NO3/c1-21-15(19)12-18-17(20)16(13-8-4-2-5-9-13)14-10-6-3-7-11-14/h2-11,16H,12H2,1H3,(H,18,20). The lowest BCUT2D eigenvalue weighted by Gasteiger charge is -2.17. The highest BCUT2D eigenvalue weighted by molar-refractivity contribution is 5.89. The van der Waals surface area contributed by atoms with Crippen LogP contribution in [0, 0.1) is 0 Å². The van der Waals surface area contributed by atoms with Crippen LogP contribution in [-0.4, -0.2) is 25.5 Å². The first-order chi connectivity index (χ1) is 10.2. The molecule has 0 unspecified atom stereocenters. The van der Waals surface area contributed by atoms with Crippen molar-refractivity contribution < 1.29 is 14.3 Å². The lowest BCUT2D eigenvalue weighted by Crippen LogP contribution is -2.34. The van der Waals surface area contributed by atoms with Gasteiger partial charge in [-0.05, 0) is 11.1 Å². The quantitative estimate of drug-likeness (QED) is 0.855. The Kier molecular flexibility index (Phi) is 5.10. The van der Waals surface area contributed by atoms with Crippen LogP contribution in [-0.2, 0) is 14.3 Å². The average Bonchev–Trinajstić information content (AvgIpc) is 2.55. The first kappa shape index (κ1) is 14.8. The molecule has 2 aromatic carbocycles. The van der Waals surface area contributed by atoms with Gasteiger partial charge in [0.05, 0.1) is 13.0 Å². The monoisotopic (exact) mass is 283 g/mol. The van der Waals surface area contributed by atoms with Crippen molar-refractivity contribution in [3.05, 3.63) is 71.8 Å². The summed E-state index contributed by atoms with van der Waals surface area (Å²) in [6.45, 7) is -0.133. The number of carbonyl (C=O) groups is 2. The summed E-state index contributed by atoms with van der Waals surface area (Å²) in [7, 11) is 1.29. The molecular weight excluding hydrogens is 266 g/mol. The van der Waals surface area contributed by atoms with Crippen LogP contribution in [0.2, 0.25) is 0 Å². The lowest BCUT2D eigenvalue weighted by molar-refractivity contribution is -0.141. The zero-order valence-corrected chi connectivity index (χ0v) is 11.8. The molecule has 4 nitrogen and oxygen atoms in total. The van der Waals surface area contributed by atoms with Crippen molar-refractivity contribution in [1.29, 1.82) is 0 Å². The molecule has 0 atom stereocenters. The fourth-order valence-corrected chi connectivity index (χ4v) is 2.12. The lowest BCUT2D eigenvalue weighted by atomic mass is 9.90. The highest BCUT2D eigenvalue weighted by atomic mass is 16.5.